The Morgan fingerprint density at radius 1 is 1.21 bits per heavy atom. The van der Waals surface area contributed by atoms with Gasteiger partial charge in [0, 0.05) is 19.2 Å². The molecule has 0 N–H and O–H groups in total. The zero-order valence-corrected chi connectivity index (χ0v) is 13.4. The third-order valence-electron chi connectivity index (χ3n) is 3.62. The maximum Gasteiger partial charge on any atom is 0.340 e. The summed E-state index contributed by atoms with van der Waals surface area (Å²) in [6, 6.07) is 1.85. The van der Waals surface area contributed by atoms with E-state index in [4.69, 9.17) is 4.74 Å². The van der Waals surface area contributed by atoms with Crippen molar-refractivity contribution in [3.8, 4) is 0 Å². The van der Waals surface area contributed by atoms with E-state index >= 15 is 0 Å². The van der Waals surface area contributed by atoms with Gasteiger partial charge in [-0.2, -0.15) is 0 Å². The second kappa shape index (κ2) is 6.79. The minimum absolute atomic E-state index is 0.0134. The topological polar surface area (TPSA) is 125 Å². The number of hydrogen-bond donors (Lipinski definition) is 0. The quantitative estimate of drug-likeness (QED) is 0.462. The Labute approximate surface area is 137 Å². The van der Waals surface area contributed by atoms with Gasteiger partial charge in [-0.05, 0) is 13.8 Å². The fourth-order valence-electron chi connectivity index (χ4n) is 2.81. The summed E-state index contributed by atoms with van der Waals surface area (Å²) in [5.74, 6) is -0.872. The van der Waals surface area contributed by atoms with E-state index in [-0.39, 0.29) is 23.5 Å². The Morgan fingerprint density at radius 2 is 1.79 bits per heavy atom. The predicted octanol–water partition coefficient (Wildman–Crippen LogP) is 1.90. The van der Waals surface area contributed by atoms with Crippen LogP contribution in [0.5, 0.6) is 0 Å². The summed E-state index contributed by atoms with van der Waals surface area (Å²) in [6.45, 7) is 4.23. The molecule has 24 heavy (non-hydrogen) atoms. The van der Waals surface area contributed by atoms with E-state index in [1.54, 1.807) is 18.7 Å². The molecular formula is C14H17N3O7. The number of anilines is 1. The van der Waals surface area contributed by atoms with E-state index in [0.717, 1.165) is 19.2 Å². The fraction of sp³-hybridized carbons (Fsp3) is 0.500. The monoisotopic (exact) mass is 339 g/mol. The van der Waals surface area contributed by atoms with Gasteiger partial charge in [0.05, 0.1) is 40.8 Å². The van der Waals surface area contributed by atoms with Crippen molar-refractivity contribution in [2.75, 3.05) is 25.1 Å². The van der Waals surface area contributed by atoms with Crippen molar-refractivity contribution in [3.05, 3.63) is 37.9 Å². The zero-order chi connectivity index (χ0) is 18.0. The number of morpholine rings is 1. The largest absolute Gasteiger partial charge is 0.465 e. The highest BCUT2D eigenvalue weighted by Gasteiger charge is 2.34. The zero-order valence-electron chi connectivity index (χ0n) is 13.4. The van der Waals surface area contributed by atoms with Gasteiger partial charge >= 0.3 is 5.97 Å². The van der Waals surface area contributed by atoms with Gasteiger partial charge in [-0.3, -0.25) is 20.2 Å². The summed E-state index contributed by atoms with van der Waals surface area (Å²) in [5.41, 5.74) is -1.25. The Bertz CT molecular complexity index is 681. The molecular weight excluding hydrogens is 322 g/mol. The van der Waals surface area contributed by atoms with Crippen LogP contribution >= 0.6 is 0 Å². The highest BCUT2D eigenvalue weighted by atomic mass is 16.6. The fourth-order valence-corrected chi connectivity index (χ4v) is 2.81. The number of non-ortho nitro benzene ring substituents is 1. The lowest BCUT2D eigenvalue weighted by atomic mass is 10.1. The van der Waals surface area contributed by atoms with Crippen molar-refractivity contribution < 1.29 is 24.1 Å². The molecule has 0 amide bonds. The average molecular weight is 339 g/mol. The van der Waals surface area contributed by atoms with E-state index in [0.29, 0.717) is 13.1 Å². The summed E-state index contributed by atoms with van der Waals surface area (Å²) in [5, 5.41) is 22.5. The molecule has 1 aromatic rings. The molecule has 0 saturated carbocycles. The van der Waals surface area contributed by atoms with Crippen molar-refractivity contribution in [2.45, 2.75) is 26.1 Å². The number of methoxy groups -OCH3 is 1. The van der Waals surface area contributed by atoms with Crippen LogP contribution in [0.25, 0.3) is 0 Å². The van der Waals surface area contributed by atoms with E-state index in [9.17, 15) is 25.0 Å². The number of hydrogen-bond acceptors (Lipinski definition) is 8. The van der Waals surface area contributed by atoms with Crippen LogP contribution in [0, 0.1) is 20.2 Å². The van der Waals surface area contributed by atoms with E-state index in [2.05, 4.69) is 4.74 Å². The summed E-state index contributed by atoms with van der Waals surface area (Å²) >= 11 is 0. The van der Waals surface area contributed by atoms with Gasteiger partial charge in [0.2, 0.25) is 0 Å². The van der Waals surface area contributed by atoms with Gasteiger partial charge in [-0.15, -0.1) is 0 Å². The molecule has 0 bridgehead atoms. The smallest absolute Gasteiger partial charge is 0.340 e. The number of nitro groups is 2. The van der Waals surface area contributed by atoms with Crippen LogP contribution in [0.1, 0.15) is 24.2 Å². The molecule has 130 valence electrons. The Kier molecular flexibility index (Phi) is 4.98. The first-order valence-corrected chi connectivity index (χ1v) is 7.20. The standard InChI is InChI=1S/C14H17N3O7/c1-8-6-15(7-9(2)24-8)13-11(14(18)23-3)4-10(16(19)20)5-12(13)17(21)22/h4-5,8-9H,6-7H2,1-3H3/t8-,9-/m0/s1. The number of nitro benzene ring substituents is 2. The maximum atomic E-state index is 12.1. The molecule has 0 aromatic heterocycles. The van der Waals surface area contributed by atoms with Crippen LogP contribution < -0.4 is 4.90 Å². The number of rotatable bonds is 4. The molecule has 10 heteroatoms. The van der Waals surface area contributed by atoms with Gasteiger partial charge in [-0.25, -0.2) is 4.79 Å². The number of carbonyl (C=O) groups is 1. The lowest BCUT2D eigenvalue weighted by molar-refractivity contribution is -0.393. The van der Waals surface area contributed by atoms with Crippen LogP contribution in [0.3, 0.4) is 0 Å². The second-order valence-electron chi connectivity index (χ2n) is 5.53. The molecule has 0 aliphatic carbocycles. The number of ether oxygens (including phenoxy) is 2. The molecule has 10 nitrogen and oxygen atoms in total. The lowest BCUT2D eigenvalue weighted by Crippen LogP contribution is -2.46. The number of esters is 1. The summed E-state index contributed by atoms with van der Waals surface area (Å²) in [6.07, 6.45) is -0.428. The number of benzene rings is 1. The van der Waals surface area contributed by atoms with Gasteiger partial charge in [-0.1, -0.05) is 0 Å². The summed E-state index contributed by atoms with van der Waals surface area (Å²) in [7, 11) is 1.11. The Morgan fingerprint density at radius 3 is 2.25 bits per heavy atom. The SMILES string of the molecule is COC(=O)c1cc([N+](=O)[O-])cc([N+](=O)[O-])c1N1C[C@H](C)O[C@@H](C)C1. The van der Waals surface area contributed by atoms with Crippen LogP contribution in [-0.4, -0.2) is 48.2 Å². The minimum atomic E-state index is -0.872. The van der Waals surface area contributed by atoms with Crippen molar-refractivity contribution in [2.24, 2.45) is 0 Å². The first kappa shape index (κ1) is 17.6. The average Bonchev–Trinajstić information content (AvgIpc) is 2.51. The molecule has 0 radical (unpaired) electrons. The maximum absolute atomic E-state index is 12.1. The van der Waals surface area contributed by atoms with Crippen LogP contribution in [0.2, 0.25) is 0 Å². The molecule has 1 aliphatic rings. The second-order valence-corrected chi connectivity index (χ2v) is 5.53. The molecule has 0 spiro atoms. The predicted molar refractivity (Wildman–Crippen MR) is 83.3 cm³/mol. The van der Waals surface area contributed by atoms with Crippen molar-refractivity contribution >= 4 is 23.0 Å². The Hall–Kier alpha value is -2.75. The molecule has 1 aromatic carbocycles. The van der Waals surface area contributed by atoms with Gasteiger partial charge in [0.15, 0.2) is 0 Å². The number of carbonyl (C=O) groups excluding carboxylic acids is 1. The van der Waals surface area contributed by atoms with Crippen molar-refractivity contribution in [1.82, 2.24) is 0 Å². The molecule has 1 fully saturated rings. The lowest BCUT2D eigenvalue weighted by Gasteiger charge is -2.37. The highest BCUT2D eigenvalue weighted by molar-refractivity contribution is 5.99. The molecule has 1 saturated heterocycles. The van der Waals surface area contributed by atoms with Gasteiger partial charge in [0.25, 0.3) is 11.4 Å². The normalized spacial score (nSPS) is 20.5. The molecule has 1 heterocycles. The molecule has 0 unspecified atom stereocenters. The molecule has 2 atom stereocenters. The van der Waals surface area contributed by atoms with E-state index < -0.39 is 27.2 Å². The highest BCUT2D eigenvalue weighted by Crippen LogP contribution is 2.38. The first-order chi connectivity index (χ1) is 11.2. The third kappa shape index (κ3) is 3.43. The van der Waals surface area contributed by atoms with Gasteiger partial charge < -0.3 is 14.4 Å². The first-order valence-electron chi connectivity index (χ1n) is 7.20. The van der Waals surface area contributed by atoms with Crippen LogP contribution in [0.15, 0.2) is 12.1 Å². The summed E-state index contributed by atoms with van der Waals surface area (Å²) < 4.78 is 10.2. The Balaban J connectivity index is 2.68. The van der Waals surface area contributed by atoms with Gasteiger partial charge in [0.1, 0.15) is 5.69 Å². The number of nitrogens with zero attached hydrogens (tertiary/aromatic N) is 3. The van der Waals surface area contributed by atoms with E-state index in [1.807, 2.05) is 0 Å². The van der Waals surface area contributed by atoms with E-state index in [1.165, 1.54) is 0 Å². The van der Waals surface area contributed by atoms with Crippen LogP contribution in [0.4, 0.5) is 17.1 Å². The van der Waals surface area contributed by atoms with Crippen molar-refractivity contribution in [1.29, 1.82) is 0 Å². The minimum Gasteiger partial charge on any atom is -0.465 e. The summed E-state index contributed by atoms with van der Waals surface area (Å²) in [4.78, 5) is 34.6. The van der Waals surface area contributed by atoms with Crippen molar-refractivity contribution in [3.63, 3.8) is 0 Å². The molecule has 2 rings (SSSR count). The third-order valence-corrected chi connectivity index (χ3v) is 3.62. The molecule has 1 aliphatic heterocycles. The van der Waals surface area contributed by atoms with Crippen LogP contribution in [-0.2, 0) is 9.47 Å².